The molecule has 1 N–H and O–H groups in total. The highest BCUT2D eigenvalue weighted by Gasteiger charge is 2.36. The van der Waals surface area contributed by atoms with Gasteiger partial charge in [0.1, 0.15) is 12.4 Å². The van der Waals surface area contributed by atoms with Gasteiger partial charge < -0.3 is 28.9 Å². The number of ether oxygens (including phenoxy) is 4. The van der Waals surface area contributed by atoms with Crippen molar-refractivity contribution in [2.45, 2.75) is 45.5 Å². The Bertz CT molecular complexity index is 636. The van der Waals surface area contributed by atoms with E-state index in [9.17, 15) is 4.79 Å². The van der Waals surface area contributed by atoms with Gasteiger partial charge in [-0.25, -0.2) is 4.79 Å². The number of nitrogens with zero attached hydrogens (tertiary/aromatic N) is 1. The van der Waals surface area contributed by atoms with Crippen molar-refractivity contribution in [2.24, 2.45) is 11.1 Å². The van der Waals surface area contributed by atoms with Crippen LogP contribution in [0.3, 0.4) is 0 Å². The molecule has 0 bridgehead atoms. The number of carbonyl (C=O) groups is 1. The van der Waals surface area contributed by atoms with E-state index in [0.29, 0.717) is 19.8 Å². The summed E-state index contributed by atoms with van der Waals surface area (Å²) in [7, 11) is 1.64. The molecule has 156 valence electrons. The molecule has 8 heteroatoms. The van der Waals surface area contributed by atoms with Gasteiger partial charge in [0.15, 0.2) is 0 Å². The maximum atomic E-state index is 10.6. The number of oxime groups is 1. The minimum absolute atomic E-state index is 0.208. The molecule has 1 aromatic carbocycles. The van der Waals surface area contributed by atoms with Crippen molar-refractivity contribution >= 4 is 11.9 Å². The van der Waals surface area contributed by atoms with Gasteiger partial charge in [-0.2, -0.15) is 0 Å². The molecule has 0 radical (unpaired) electrons. The van der Waals surface area contributed by atoms with Gasteiger partial charge in [-0.05, 0) is 55.5 Å². The van der Waals surface area contributed by atoms with Gasteiger partial charge in [-0.3, -0.25) is 0 Å². The molecule has 1 aromatic rings. The number of methoxy groups -OCH3 is 1. The van der Waals surface area contributed by atoms with Gasteiger partial charge >= 0.3 is 12.1 Å². The number of hydrogen-bond acceptors (Lipinski definition) is 7. The molecule has 0 unspecified atom stereocenters. The van der Waals surface area contributed by atoms with E-state index in [1.807, 2.05) is 31.2 Å². The lowest BCUT2D eigenvalue weighted by Gasteiger charge is -2.35. The first-order valence-corrected chi connectivity index (χ1v) is 9.49. The second-order valence-corrected chi connectivity index (χ2v) is 6.67. The van der Waals surface area contributed by atoms with Crippen LogP contribution >= 0.6 is 0 Å². The highest BCUT2D eigenvalue weighted by atomic mass is 16.9. The van der Waals surface area contributed by atoms with Crippen molar-refractivity contribution in [3.8, 4) is 5.75 Å². The van der Waals surface area contributed by atoms with Crippen molar-refractivity contribution in [1.29, 1.82) is 0 Å². The molecular formula is C20H29NO7. The van der Waals surface area contributed by atoms with E-state index < -0.39 is 12.1 Å². The first-order valence-electron chi connectivity index (χ1n) is 9.49. The summed E-state index contributed by atoms with van der Waals surface area (Å²) in [6.45, 7) is 4.84. The zero-order valence-corrected chi connectivity index (χ0v) is 16.7. The molecule has 0 spiro atoms. The van der Waals surface area contributed by atoms with Gasteiger partial charge in [0, 0.05) is 12.8 Å². The average molecular weight is 395 g/mol. The molecule has 0 aliphatic carbocycles. The Morgan fingerprint density at radius 3 is 2.50 bits per heavy atom. The molecule has 8 nitrogen and oxygen atoms in total. The van der Waals surface area contributed by atoms with Gasteiger partial charge in [-0.15, -0.1) is 0 Å². The van der Waals surface area contributed by atoms with Crippen LogP contribution in [0, 0.1) is 5.92 Å². The van der Waals surface area contributed by atoms with Gasteiger partial charge in [-0.1, -0.05) is 12.1 Å². The zero-order valence-electron chi connectivity index (χ0n) is 16.7. The van der Waals surface area contributed by atoms with Crippen molar-refractivity contribution in [3.63, 3.8) is 0 Å². The summed E-state index contributed by atoms with van der Waals surface area (Å²) >= 11 is 0. The van der Waals surface area contributed by atoms with Crippen molar-refractivity contribution in [2.75, 3.05) is 26.9 Å². The Morgan fingerprint density at radius 2 is 1.93 bits per heavy atom. The van der Waals surface area contributed by atoms with Crippen LogP contribution in [0.15, 0.2) is 29.4 Å². The van der Waals surface area contributed by atoms with E-state index in [-0.39, 0.29) is 5.92 Å². The molecule has 0 saturated carbocycles. The lowest BCUT2D eigenvalue weighted by molar-refractivity contribution is -0.379. The highest BCUT2D eigenvalue weighted by molar-refractivity contribution is 6.00. The molecule has 0 amide bonds. The normalized spacial score (nSPS) is 22.5. The molecule has 1 heterocycles. The van der Waals surface area contributed by atoms with Crippen LogP contribution in [0.25, 0.3) is 0 Å². The zero-order chi connectivity index (χ0) is 20.4. The topological polar surface area (TPSA) is 95.8 Å². The van der Waals surface area contributed by atoms with E-state index in [1.54, 1.807) is 7.11 Å². The largest absolute Gasteiger partial charge is 0.510 e. The summed E-state index contributed by atoms with van der Waals surface area (Å²) in [6.07, 6.45) is 2.06. The number of rotatable bonds is 10. The molecule has 1 saturated heterocycles. The van der Waals surface area contributed by atoms with E-state index in [1.165, 1.54) is 6.92 Å². The van der Waals surface area contributed by atoms with Gasteiger partial charge in [0.05, 0.1) is 26.0 Å². The van der Waals surface area contributed by atoms with Crippen LogP contribution in [0.5, 0.6) is 5.75 Å². The predicted molar refractivity (Wildman–Crippen MR) is 103 cm³/mol. The van der Waals surface area contributed by atoms with Crippen LogP contribution in [0.1, 0.15) is 45.1 Å². The predicted octanol–water partition coefficient (Wildman–Crippen LogP) is 4.03. The van der Waals surface area contributed by atoms with Crippen LogP contribution in [0.2, 0.25) is 0 Å². The number of hydrogen-bond donors (Lipinski definition) is 1. The molecule has 1 aliphatic heterocycles. The third kappa shape index (κ3) is 7.01. The maximum absolute atomic E-state index is 10.6. The summed E-state index contributed by atoms with van der Waals surface area (Å²) in [4.78, 5) is 16.1. The lowest BCUT2D eigenvalue weighted by Crippen LogP contribution is -2.45. The van der Waals surface area contributed by atoms with Gasteiger partial charge in [0.25, 0.3) is 0 Å². The summed E-state index contributed by atoms with van der Waals surface area (Å²) in [5.41, 5.74) is 1.92. The van der Waals surface area contributed by atoms with Gasteiger partial charge in [0.2, 0.25) is 0 Å². The molecule has 0 aromatic heterocycles. The summed E-state index contributed by atoms with van der Waals surface area (Å²) < 4.78 is 20.5. The van der Waals surface area contributed by atoms with Crippen molar-refractivity contribution < 1.29 is 33.7 Å². The maximum Gasteiger partial charge on any atom is 0.510 e. The highest BCUT2D eigenvalue weighted by Crippen LogP contribution is 2.25. The third-order valence-electron chi connectivity index (χ3n) is 4.47. The van der Waals surface area contributed by atoms with E-state index >= 15 is 0 Å². The smallest absolute Gasteiger partial charge is 0.497 e. The summed E-state index contributed by atoms with van der Waals surface area (Å²) in [5, 5.41) is 12.9. The Balaban J connectivity index is 1.64. The Kier molecular flexibility index (Phi) is 8.53. The van der Waals surface area contributed by atoms with Crippen LogP contribution < -0.4 is 4.74 Å². The second-order valence-electron chi connectivity index (χ2n) is 6.67. The third-order valence-corrected chi connectivity index (χ3v) is 4.47. The standard InChI is InChI=1S/C20H29NO7/c1-4-18(16-8-10-17(24-3)11-9-16)21-27-12-6-5-7-15-13-25-20(2,26-14-15)28-19(22)23/h8-11,15H,4-7,12-14H2,1-3H3,(H,22,23). The molecule has 1 aliphatic rings. The number of carboxylic acid groups (broad SMARTS) is 1. The fourth-order valence-electron chi connectivity index (χ4n) is 2.84. The molecule has 28 heavy (non-hydrogen) atoms. The Morgan fingerprint density at radius 1 is 1.25 bits per heavy atom. The first-order chi connectivity index (χ1) is 13.5. The summed E-state index contributed by atoms with van der Waals surface area (Å²) in [6, 6.07) is 7.74. The first kappa shape index (κ1) is 22.0. The quantitative estimate of drug-likeness (QED) is 0.276. The van der Waals surface area contributed by atoms with Crippen LogP contribution in [0.4, 0.5) is 4.79 Å². The summed E-state index contributed by atoms with van der Waals surface area (Å²) in [5.74, 6) is -0.483. The second kappa shape index (κ2) is 10.9. The fraction of sp³-hybridized carbons (Fsp3) is 0.600. The fourth-order valence-corrected chi connectivity index (χ4v) is 2.84. The van der Waals surface area contributed by atoms with Crippen LogP contribution in [-0.2, 0) is 19.0 Å². The van der Waals surface area contributed by atoms with Crippen LogP contribution in [-0.4, -0.2) is 49.9 Å². The Labute approximate surface area is 165 Å². The molecule has 2 rings (SSSR count). The van der Waals surface area contributed by atoms with E-state index in [4.69, 9.17) is 24.2 Å². The average Bonchev–Trinajstić information content (AvgIpc) is 2.68. The minimum Gasteiger partial charge on any atom is -0.497 e. The Hall–Kier alpha value is -2.32. The molecule has 0 atom stereocenters. The molecular weight excluding hydrogens is 366 g/mol. The monoisotopic (exact) mass is 395 g/mol. The van der Waals surface area contributed by atoms with E-state index in [2.05, 4.69) is 9.89 Å². The van der Waals surface area contributed by atoms with Crippen molar-refractivity contribution in [1.82, 2.24) is 0 Å². The molecule has 1 fully saturated rings. The lowest BCUT2D eigenvalue weighted by atomic mass is 10.0. The van der Waals surface area contributed by atoms with E-state index in [0.717, 1.165) is 42.7 Å². The minimum atomic E-state index is -1.50. The SMILES string of the molecule is CCC(=NOCCCCC1COC(C)(OC(=O)O)OC1)c1ccc(OC)cc1. The van der Waals surface area contributed by atoms with Crippen molar-refractivity contribution in [3.05, 3.63) is 29.8 Å². The number of unbranched alkanes of at least 4 members (excludes halogenated alkanes) is 1. The number of benzene rings is 1.